The molecule has 1 heterocycles. The lowest BCUT2D eigenvalue weighted by Crippen LogP contribution is -2.41. The average molecular weight is 498 g/mol. The van der Waals surface area contributed by atoms with E-state index < -0.39 is 0 Å². The molecule has 2 aromatic rings. The van der Waals surface area contributed by atoms with Gasteiger partial charge in [0.15, 0.2) is 5.96 Å². The summed E-state index contributed by atoms with van der Waals surface area (Å²) in [4.78, 5) is 8.78. The second-order valence-electron chi connectivity index (χ2n) is 7.09. The number of aryl methyl sites for hydroxylation is 1. The van der Waals surface area contributed by atoms with Crippen molar-refractivity contribution in [2.24, 2.45) is 4.99 Å². The van der Waals surface area contributed by atoms with Crippen molar-refractivity contribution in [1.82, 2.24) is 15.6 Å². The van der Waals surface area contributed by atoms with Crippen LogP contribution in [-0.4, -0.2) is 31.6 Å². The molecule has 0 bridgehead atoms. The van der Waals surface area contributed by atoms with E-state index in [-0.39, 0.29) is 35.2 Å². The summed E-state index contributed by atoms with van der Waals surface area (Å²) in [6.45, 7) is 5.17. The predicted molar refractivity (Wildman–Crippen MR) is 121 cm³/mol. The van der Waals surface area contributed by atoms with Crippen LogP contribution in [0.1, 0.15) is 35.2 Å². The molecule has 1 fully saturated rings. The number of halogens is 2. The van der Waals surface area contributed by atoms with Gasteiger partial charge in [-0.25, -0.2) is 4.39 Å². The largest absolute Gasteiger partial charge is 0.496 e. The molecule has 0 aliphatic heterocycles. The van der Waals surface area contributed by atoms with E-state index in [4.69, 9.17) is 4.74 Å². The summed E-state index contributed by atoms with van der Waals surface area (Å²) in [7, 11) is 3.40. The number of nitrogens with one attached hydrogen (secondary N) is 2. The van der Waals surface area contributed by atoms with E-state index in [1.165, 1.54) is 6.07 Å². The van der Waals surface area contributed by atoms with E-state index in [1.54, 1.807) is 20.2 Å². The van der Waals surface area contributed by atoms with E-state index in [0.29, 0.717) is 19.0 Å². The SMILES string of the molecule is CN=C(NCc1ncc(C)c(OC)c1C)NCC1(c2ccccc2F)CC1.I. The number of rotatable bonds is 6. The van der Waals surface area contributed by atoms with Crippen LogP contribution in [0.3, 0.4) is 0 Å². The number of ether oxygens (including phenoxy) is 1. The molecule has 0 spiro atoms. The molecule has 7 heteroatoms. The standard InChI is InChI=1S/C21H27FN4O.HI/c1-14-11-24-18(15(2)19(14)27-4)12-25-20(23-3)26-13-21(9-10-21)16-7-5-6-8-17(16)22;/h5-8,11H,9-10,12-13H2,1-4H3,(H2,23,25,26);1H. The fourth-order valence-electron chi connectivity index (χ4n) is 3.47. The molecule has 3 rings (SSSR count). The molecular weight excluding hydrogens is 470 g/mol. The van der Waals surface area contributed by atoms with Crippen LogP contribution in [0, 0.1) is 19.7 Å². The molecule has 0 unspecified atom stereocenters. The van der Waals surface area contributed by atoms with Gasteiger partial charge in [0.25, 0.3) is 0 Å². The van der Waals surface area contributed by atoms with Gasteiger partial charge in [-0.2, -0.15) is 0 Å². The lowest BCUT2D eigenvalue weighted by Gasteiger charge is -2.20. The molecule has 1 aliphatic carbocycles. The minimum Gasteiger partial charge on any atom is -0.496 e. The van der Waals surface area contributed by atoms with Crippen LogP contribution in [-0.2, 0) is 12.0 Å². The molecule has 0 saturated heterocycles. The highest BCUT2D eigenvalue weighted by Crippen LogP contribution is 2.48. The van der Waals surface area contributed by atoms with Crippen LogP contribution in [0.2, 0.25) is 0 Å². The van der Waals surface area contributed by atoms with Crippen LogP contribution in [0.15, 0.2) is 35.5 Å². The Balaban J connectivity index is 0.00000280. The zero-order valence-electron chi connectivity index (χ0n) is 16.8. The summed E-state index contributed by atoms with van der Waals surface area (Å²) in [5, 5.41) is 6.63. The maximum atomic E-state index is 14.2. The highest BCUT2D eigenvalue weighted by atomic mass is 127. The number of aliphatic imine (C=N–C) groups is 1. The van der Waals surface area contributed by atoms with Gasteiger partial charge in [-0.1, -0.05) is 18.2 Å². The van der Waals surface area contributed by atoms with E-state index in [9.17, 15) is 4.39 Å². The van der Waals surface area contributed by atoms with Crippen molar-refractivity contribution in [2.45, 2.75) is 38.6 Å². The Morgan fingerprint density at radius 2 is 1.96 bits per heavy atom. The minimum atomic E-state index is -0.135. The van der Waals surface area contributed by atoms with Crippen molar-refractivity contribution < 1.29 is 9.13 Å². The Morgan fingerprint density at radius 3 is 2.57 bits per heavy atom. The van der Waals surface area contributed by atoms with E-state index >= 15 is 0 Å². The predicted octanol–water partition coefficient (Wildman–Crippen LogP) is 3.86. The summed E-state index contributed by atoms with van der Waals surface area (Å²) < 4.78 is 19.6. The molecule has 1 saturated carbocycles. The minimum absolute atomic E-state index is 0. The first-order valence-corrected chi connectivity index (χ1v) is 9.19. The highest BCUT2D eigenvalue weighted by molar-refractivity contribution is 14.0. The van der Waals surface area contributed by atoms with Crippen molar-refractivity contribution in [3.05, 3.63) is 58.7 Å². The lowest BCUT2D eigenvalue weighted by molar-refractivity contribution is 0.406. The van der Waals surface area contributed by atoms with Crippen LogP contribution in [0.5, 0.6) is 5.75 Å². The van der Waals surface area contributed by atoms with Gasteiger partial charge in [0.05, 0.1) is 19.3 Å². The molecule has 2 N–H and O–H groups in total. The normalized spacial score (nSPS) is 14.8. The number of methoxy groups -OCH3 is 1. The van der Waals surface area contributed by atoms with Gasteiger partial charge in [0.2, 0.25) is 0 Å². The average Bonchev–Trinajstić information content (AvgIpc) is 3.45. The molecule has 152 valence electrons. The third-order valence-electron chi connectivity index (χ3n) is 5.29. The van der Waals surface area contributed by atoms with Crippen LogP contribution < -0.4 is 15.4 Å². The van der Waals surface area contributed by atoms with Gasteiger partial charge in [-0.05, 0) is 38.3 Å². The van der Waals surface area contributed by atoms with Crippen LogP contribution in [0.25, 0.3) is 0 Å². The first-order chi connectivity index (χ1) is 13.0. The fraction of sp³-hybridized carbons (Fsp3) is 0.429. The highest BCUT2D eigenvalue weighted by Gasteiger charge is 2.45. The summed E-state index contributed by atoms with van der Waals surface area (Å²) in [6, 6.07) is 7.03. The Kier molecular flexibility index (Phi) is 7.63. The Hall–Kier alpha value is -1.90. The first-order valence-electron chi connectivity index (χ1n) is 9.19. The van der Waals surface area contributed by atoms with Crippen LogP contribution in [0.4, 0.5) is 4.39 Å². The van der Waals surface area contributed by atoms with Crippen LogP contribution >= 0.6 is 24.0 Å². The van der Waals surface area contributed by atoms with Crippen molar-refractivity contribution >= 4 is 29.9 Å². The maximum absolute atomic E-state index is 14.2. The monoisotopic (exact) mass is 498 g/mol. The number of aromatic nitrogens is 1. The second kappa shape index (κ2) is 9.54. The van der Waals surface area contributed by atoms with Crippen molar-refractivity contribution in [3.63, 3.8) is 0 Å². The molecule has 0 radical (unpaired) electrons. The van der Waals surface area contributed by atoms with Gasteiger partial charge < -0.3 is 15.4 Å². The lowest BCUT2D eigenvalue weighted by atomic mass is 9.95. The maximum Gasteiger partial charge on any atom is 0.191 e. The molecule has 1 aromatic carbocycles. The molecule has 1 aliphatic rings. The molecule has 0 amide bonds. The molecule has 28 heavy (non-hydrogen) atoms. The summed E-state index contributed by atoms with van der Waals surface area (Å²) >= 11 is 0. The summed E-state index contributed by atoms with van der Waals surface area (Å²) in [6.07, 6.45) is 3.78. The number of nitrogens with zero attached hydrogens (tertiary/aromatic N) is 2. The van der Waals surface area contributed by atoms with Crippen molar-refractivity contribution in [2.75, 3.05) is 20.7 Å². The van der Waals surface area contributed by atoms with Crippen molar-refractivity contribution in [1.29, 1.82) is 0 Å². The van der Waals surface area contributed by atoms with Crippen molar-refractivity contribution in [3.8, 4) is 5.75 Å². The second-order valence-corrected chi connectivity index (χ2v) is 7.09. The number of benzene rings is 1. The zero-order valence-corrected chi connectivity index (χ0v) is 19.1. The van der Waals surface area contributed by atoms with Gasteiger partial charge in [-0.15, -0.1) is 24.0 Å². The smallest absolute Gasteiger partial charge is 0.191 e. The number of hydrogen-bond donors (Lipinski definition) is 2. The third-order valence-corrected chi connectivity index (χ3v) is 5.29. The Morgan fingerprint density at radius 1 is 1.25 bits per heavy atom. The van der Waals surface area contributed by atoms with Gasteiger partial charge >= 0.3 is 0 Å². The van der Waals surface area contributed by atoms with Gasteiger partial charge in [0, 0.05) is 36.3 Å². The fourth-order valence-corrected chi connectivity index (χ4v) is 3.47. The number of pyridine rings is 1. The first kappa shape index (κ1) is 22.4. The molecular formula is C21H28FIN4O. The Labute approximate surface area is 183 Å². The van der Waals surface area contributed by atoms with E-state index in [2.05, 4.69) is 20.6 Å². The summed E-state index contributed by atoms with van der Waals surface area (Å²) in [5.74, 6) is 1.41. The van der Waals surface area contributed by atoms with Gasteiger partial charge in [-0.3, -0.25) is 9.98 Å². The van der Waals surface area contributed by atoms with Gasteiger partial charge in [0.1, 0.15) is 11.6 Å². The van der Waals surface area contributed by atoms with E-state index in [0.717, 1.165) is 41.0 Å². The molecule has 5 nitrogen and oxygen atoms in total. The topological polar surface area (TPSA) is 58.5 Å². The quantitative estimate of drug-likeness (QED) is 0.361. The zero-order chi connectivity index (χ0) is 19.4. The molecule has 0 atom stereocenters. The number of hydrogen-bond acceptors (Lipinski definition) is 3. The van der Waals surface area contributed by atoms with E-state index in [1.807, 2.05) is 32.2 Å². The third kappa shape index (κ3) is 4.74. The Bertz CT molecular complexity index is 852. The number of guanidine groups is 1. The summed E-state index contributed by atoms with van der Waals surface area (Å²) in [5.41, 5.74) is 3.60. The molecule has 1 aromatic heterocycles.